The Kier molecular flexibility index (Phi) is 3.54. The maximum Gasteiger partial charge on any atom is 0.229 e. The van der Waals surface area contributed by atoms with Crippen molar-refractivity contribution in [1.29, 1.82) is 0 Å². The van der Waals surface area contributed by atoms with Crippen LogP contribution in [0.25, 0.3) is 11.3 Å². The Morgan fingerprint density at radius 1 is 1.40 bits per heavy atom. The van der Waals surface area contributed by atoms with Gasteiger partial charge in [0.1, 0.15) is 0 Å². The van der Waals surface area contributed by atoms with Crippen LogP contribution in [0.3, 0.4) is 0 Å². The second-order valence-electron chi connectivity index (χ2n) is 5.02. The molecule has 1 aliphatic heterocycles. The van der Waals surface area contributed by atoms with Crippen molar-refractivity contribution in [3.8, 4) is 11.3 Å². The first-order valence-electron chi connectivity index (χ1n) is 6.63. The van der Waals surface area contributed by atoms with Gasteiger partial charge in [0.2, 0.25) is 5.91 Å². The van der Waals surface area contributed by atoms with E-state index in [0.717, 1.165) is 21.3 Å². The molecule has 1 unspecified atom stereocenters. The van der Waals surface area contributed by atoms with Crippen LogP contribution < -0.4 is 4.90 Å². The van der Waals surface area contributed by atoms with Gasteiger partial charge in [-0.1, -0.05) is 30.3 Å². The van der Waals surface area contributed by atoms with E-state index in [4.69, 9.17) is 0 Å². The molecule has 1 aromatic carbocycles. The number of thiazole rings is 1. The lowest BCUT2D eigenvalue weighted by atomic mass is 10.1. The van der Waals surface area contributed by atoms with E-state index in [1.807, 2.05) is 37.3 Å². The number of anilines is 1. The first-order valence-corrected chi connectivity index (χ1v) is 7.44. The van der Waals surface area contributed by atoms with Crippen LogP contribution in [0, 0.1) is 12.8 Å². The molecule has 0 bridgehead atoms. The molecule has 1 amide bonds. The predicted molar refractivity (Wildman–Crippen MR) is 79.8 cm³/mol. The van der Waals surface area contributed by atoms with Crippen LogP contribution in [0.5, 0.6) is 0 Å². The fraction of sp³-hybridized carbons (Fsp3) is 0.333. The summed E-state index contributed by atoms with van der Waals surface area (Å²) in [5, 5.41) is 9.93. The smallest absolute Gasteiger partial charge is 0.229 e. The van der Waals surface area contributed by atoms with Crippen LogP contribution in [0.4, 0.5) is 5.13 Å². The van der Waals surface area contributed by atoms with Gasteiger partial charge in [0, 0.05) is 35.9 Å². The summed E-state index contributed by atoms with van der Waals surface area (Å²) in [6, 6.07) is 9.98. The van der Waals surface area contributed by atoms with Crippen molar-refractivity contribution in [3.05, 3.63) is 35.2 Å². The highest BCUT2D eigenvalue weighted by atomic mass is 32.1. The van der Waals surface area contributed by atoms with Crippen molar-refractivity contribution in [3.63, 3.8) is 0 Å². The van der Waals surface area contributed by atoms with Gasteiger partial charge < -0.3 is 5.11 Å². The van der Waals surface area contributed by atoms with Crippen molar-refractivity contribution in [2.45, 2.75) is 13.3 Å². The Bertz CT molecular complexity index is 624. The van der Waals surface area contributed by atoms with E-state index in [9.17, 15) is 9.90 Å². The van der Waals surface area contributed by atoms with Gasteiger partial charge in [-0.05, 0) is 6.92 Å². The van der Waals surface area contributed by atoms with E-state index in [0.29, 0.717) is 13.0 Å². The highest BCUT2D eigenvalue weighted by Crippen LogP contribution is 2.34. The van der Waals surface area contributed by atoms with Gasteiger partial charge in [0.25, 0.3) is 0 Å². The van der Waals surface area contributed by atoms with E-state index in [2.05, 4.69) is 4.98 Å². The number of aliphatic hydroxyl groups is 1. The zero-order valence-electron chi connectivity index (χ0n) is 11.2. The number of carbonyl (C=O) groups is 1. The Morgan fingerprint density at radius 2 is 2.15 bits per heavy atom. The Hall–Kier alpha value is -1.72. The normalized spacial score (nSPS) is 18.8. The second kappa shape index (κ2) is 5.34. The molecule has 1 aliphatic rings. The summed E-state index contributed by atoms with van der Waals surface area (Å²) >= 11 is 1.54. The summed E-state index contributed by atoms with van der Waals surface area (Å²) in [5.74, 6) is 0.0873. The van der Waals surface area contributed by atoms with Gasteiger partial charge in [-0.3, -0.25) is 9.69 Å². The number of benzene rings is 1. The van der Waals surface area contributed by atoms with E-state index >= 15 is 0 Å². The number of hydrogen-bond donors (Lipinski definition) is 1. The molecule has 104 valence electrons. The van der Waals surface area contributed by atoms with Gasteiger partial charge in [-0.2, -0.15) is 0 Å². The van der Waals surface area contributed by atoms with Gasteiger partial charge >= 0.3 is 0 Å². The van der Waals surface area contributed by atoms with E-state index < -0.39 is 0 Å². The lowest BCUT2D eigenvalue weighted by Gasteiger charge is -2.11. The van der Waals surface area contributed by atoms with Gasteiger partial charge in [0.05, 0.1) is 5.69 Å². The molecule has 20 heavy (non-hydrogen) atoms. The molecule has 1 saturated heterocycles. The summed E-state index contributed by atoms with van der Waals surface area (Å²) in [7, 11) is 0. The largest absolute Gasteiger partial charge is 0.396 e. The molecule has 0 radical (unpaired) electrons. The average Bonchev–Trinajstić information content (AvgIpc) is 3.02. The number of aryl methyl sites for hydroxylation is 1. The molecule has 1 atom stereocenters. The van der Waals surface area contributed by atoms with Gasteiger partial charge in [-0.15, -0.1) is 11.3 Å². The minimum Gasteiger partial charge on any atom is -0.396 e. The lowest BCUT2D eigenvalue weighted by Crippen LogP contribution is -2.24. The van der Waals surface area contributed by atoms with Gasteiger partial charge in [-0.25, -0.2) is 4.98 Å². The number of carbonyl (C=O) groups excluding carboxylic acids is 1. The third-order valence-electron chi connectivity index (χ3n) is 3.53. The Labute approximate surface area is 121 Å². The van der Waals surface area contributed by atoms with E-state index in [-0.39, 0.29) is 18.4 Å². The lowest BCUT2D eigenvalue weighted by molar-refractivity contribution is -0.117. The first kappa shape index (κ1) is 13.3. The molecule has 1 fully saturated rings. The van der Waals surface area contributed by atoms with Crippen LogP contribution in [-0.4, -0.2) is 29.1 Å². The van der Waals surface area contributed by atoms with Crippen molar-refractivity contribution in [2.75, 3.05) is 18.1 Å². The molecule has 0 spiro atoms. The fourth-order valence-corrected chi connectivity index (χ4v) is 3.41. The quantitative estimate of drug-likeness (QED) is 0.944. The summed E-state index contributed by atoms with van der Waals surface area (Å²) in [4.78, 5) is 19.4. The summed E-state index contributed by atoms with van der Waals surface area (Å²) < 4.78 is 0. The third-order valence-corrected chi connectivity index (χ3v) is 4.52. The molecule has 3 rings (SSSR count). The molecular weight excluding hydrogens is 272 g/mol. The number of aromatic nitrogens is 1. The zero-order chi connectivity index (χ0) is 14.1. The Morgan fingerprint density at radius 3 is 2.80 bits per heavy atom. The molecule has 1 N–H and O–H groups in total. The van der Waals surface area contributed by atoms with Crippen LogP contribution in [-0.2, 0) is 4.79 Å². The number of nitrogens with zero attached hydrogens (tertiary/aromatic N) is 2. The van der Waals surface area contributed by atoms with Crippen LogP contribution in [0.15, 0.2) is 30.3 Å². The number of amides is 1. The molecule has 5 heteroatoms. The molecule has 2 aromatic rings. The SMILES string of the molecule is Cc1sc(N2CC(CO)CC2=O)nc1-c1ccccc1. The molecule has 2 heterocycles. The van der Waals surface area contributed by atoms with Crippen molar-refractivity contribution < 1.29 is 9.90 Å². The molecule has 0 saturated carbocycles. The fourth-order valence-electron chi connectivity index (χ4n) is 2.45. The second-order valence-corrected chi connectivity index (χ2v) is 6.21. The van der Waals surface area contributed by atoms with Gasteiger partial charge in [0.15, 0.2) is 5.13 Å². The number of aliphatic hydroxyl groups excluding tert-OH is 1. The van der Waals surface area contributed by atoms with Crippen molar-refractivity contribution >= 4 is 22.4 Å². The third kappa shape index (κ3) is 2.34. The maximum absolute atomic E-state index is 12.0. The number of hydrogen-bond acceptors (Lipinski definition) is 4. The monoisotopic (exact) mass is 288 g/mol. The van der Waals surface area contributed by atoms with Crippen LogP contribution in [0.1, 0.15) is 11.3 Å². The van der Waals surface area contributed by atoms with E-state index in [1.165, 1.54) is 11.3 Å². The molecule has 1 aromatic heterocycles. The predicted octanol–water partition coefficient (Wildman–Crippen LogP) is 2.46. The maximum atomic E-state index is 12.0. The Balaban J connectivity index is 1.92. The van der Waals surface area contributed by atoms with Crippen molar-refractivity contribution in [1.82, 2.24) is 4.98 Å². The molecule has 4 nitrogen and oxygen atoms in total. The number of rotatable bonds is 3. The highest BCUT2D eigenvalue weighted by Gasteiger charge is 2.32. The summed E-state index contributed by atoms with van der Waals surface area (Å²) in [6.07, 6.45) is 0.412. The van der Waals surface area contributed by atoms with Crippen LogP contribution >= 0.6 is 11.3 Å². The molecule has 0 aliphatic carbocycles. The van der Waals surface area contributed by atoms with E-state index in [1.54, 1.807) is 4.90 Å². The zero-order valence-corrected chi connectivity index (χ0v) is 12.1. The average molecular weight is 288 g/mol. The van der Waals surface area contributed by atoms with Crippen LogP contribution in [0.2, 0.25) is 0 Å². The minimum absolute atomic E-state index is 0.0341. The standard InChI is InChI=1S/C15H16N2O2S/c1-10-14(12-5-3-2-4-6-12)16-15(20-10)17-8-11(9-18)7-13(17)19/h2-6,11,18H,7-9H2,1H3. The van der Waals surface area contributed by atoms with Crippen molar-refractivity contribution in [2.24, 2.45) is 5.92 Å². The summed E-state index contributed by atoms with van der Waals surface area (Å²) in [6.45, 7) is 2.64. The highest BCUT2D eigenvalue weighted by molar-refractivity contribution is 7.16. The first-order chi connectivity index (χ1) is 9.69. The minimum atomic E-state index is 0.0341. The molecular formula is C15H16N2O2S. The summed E-state index contributed by atoms with van der Waals surface area (Å²) in [5.41, 5.74) is 2.00. The topological polar surface area (TPSA) is 53.4 Å².